The fourth-order valence-corrected chi connectivity index (χ4v) is 4.85. The van der Waals surface area contributed by atoms with Crippen LogP contribution in [0.2, 0.25) is 0 Å². The maximum Gasteiger partial charge on any atom is 0.297 e. The summed E-state index contributed by atoms with van der Waals surface area (Å²) in [5.74, 6) is 0.773. The van der Waals surface area contributed by atoms with E-state index < -0.39 is 11.9 Å². The van der Waals surface area contributed by atoms with E-state index in [1.54, 1.807) is 18.2 Å². The molecule has 0 saturated heterocycles. The van der Waals surface area contributed by atoms with E-state index in [0.29, 0.717) is 39.2 Å². The third kappa shape index (κ3) is 3.71. The monoisotopic (exact) mass is 477 g/mol. The lowest BCUT2D eigenvalue weighted by Gasteiger charge is -2.22. The third-order valence-electron chi connectivity index (χ3n) is 5.42. The molecule has 3 heterocycles. The normalized spacial score (nSPS) is 15.3. The highest BCUT2D eigenvalue weighted by atomic mass is 32.1. The van der Waals surface area contributed by atoms with Crippen LogP contribution in [0.3, 0.4) is 0 Å². The van der Waals surface area contributed by atoms with Crippen molar-refractivity contribution in [1.29, 1.82) is 0 Å². The van der Waals surface area contributed by atoms with E-state index in [0.717, 1.165) is 5.56 Å². The fraction of sp³-hybridized carbons (Fsp3) is 0.280. The summed E-state index contributed by atoms with van der Waals surface area (Å²) in [6.45, 7) is 8.04. The lowest BCUT2D eigenvalue weighted by Crippen LogP contribution is -2.29. The van der Waals surface area contributed by atoms with Gasteiger partial charge in [-0.2, -0.15) is 0 Å². The SMILES string of the molecule is CCOc1ccc2c(=O)c3c(oc2c1)C(=O)N(c1nnc(C)s1)C3c1cccc(OC(C)C)c1. The van der Waals surface area contributed by atoms with Gasteiger partial charge in [-0.3, -0.25) is 14.5 Å². The summed E-state index contributed by atoms with van der Waals surface area (Å²) >= 11 is 1.28. The van der Waals surface area contributed by atoms with Gasteiger partial charge < -0.3 is 13.9 Å². The average Bonchev–Trinajstić information content (AvgIpc) is 3.35. The van der Waals surface area contributed by atoms with Crippen LogP contribution in [-0.2, 0) is 0 Å². The van der Waals surface area contributed by atoms with Crippen LogP contribution in [-0.4, -0.2) is 28.8 Å². The molecule has 1 atom stereocenters. The van der Waals surface area contributed by atoms with Crippen molar-refractivity contribution in [3.63, 3.8) is 0 Å². The lowest BCUT2D eigenvalue weighted by atomic mass is 9.98. The number of ether oxygens (including phenoxy) is 2. The number of hydrogen-bond donors (Lipinski definition) is 0. The van der Waals surface area contributed by atoms with Crippen LogP contribution in [0.25, 0.3) is 11.0 Å². The van der Waals surface area contributed by atoms with Crippen LogP contribution < -0.4 is 19.8 Å². The number of aryl methyl sites for hydroxylation is 1. The maximum atomic E-state index is 13.7. The lowest BCUT2D eigenvalue weighted by molar-refractivity contribution is 0.0970. The van der Waals surface area contributed by atoms with Gasteiger partial charge in [0, 0.05) is 6.07 Å². The zero-order chi connectivity index (χ0) is 24.0. The highest BCUT2D eigenvalue weighted by Crippen LogP contribution is 2.42. The topological polar surface area (TPSA) is 94.8 Å². The number of benzene rings is 2. The second-order valence-corrected chi connectivity index (χ2v) is 9.35. The Labute approximate surface area is 199 Å². The van der Waals surface area contributed by atoms with Gasteiger partial charge in [0.2, 0.25) is 10.9 Å². The van der Waals surface area contributed by atoms with Gasteiger partial charge in [0.15, 0.2) is 5.43 Å². The van der Waals surface area contributed by atoms with Gasteiger partial charge in [0.1, 0.15) is 22.1 Å². The second-order valence-electron chi connectivity index (χ2n) is 8.19. The zero-order valence-electron chi connectivity index (χ0n) is 19.2. The van der Waals surface area contributed by atoms with Crippen molar-refractivity contribution >= 4 is 33.3 Å². The molecular weight excluding hydrogens is 454 g/mol. The molecule has 5 rings (SSSR count). The molecule has 2 aromatic carbocycles. The predicted octanol–water partition coefficient (Wildman–Crippen LogP) is 4.89. The quantitative estimate of drug-likeness (QED) is 0.390. The Kier molecular flexibility index (Phi) is 5.57. The van der Waals surface area contributed by atoms with Crippen molar-refractivity contribution in [2.45, 2.75) is 39.8 Å². The summed E-state index contributed by atoms with van der Waals surface area (Å²) in [6.07, 6.45) is -0.0248. The summed E-state index contributed by atoms with van der Waals surface area (Å²) in [4.78, 5) is 28.8. The number of amides is 1. The van der Waals surface area contributed by atoms with Crippen LogP contribution in [0.15, 0.2) is 51.7 Å². The minimum atomic E-state index is -0.724. The maximum absolute atomic E-state index is 13.7. The van der Waals surface area contributed by atoms with Crippen molar-refractivity contribution in [2.75, 3.05) is 11.5 Å². The number of fused-ring (bicyclic) bond motifs is 2. The number of hydrogen-bond acceptors (Lipinski definition) is 8. The van der Waals surface area contributed by atoms with Gasteiger partial charge in [-0.15, -0.1) is 10.2 Å². The average molecular weight is 478 g/mol. The Morgan fingerprint density at radius 3 is 2.65 bits per heavy atom. The molecule has 0 saturated carbocycles. The van der Waals surface area contributed by atoms with E-state index >= 15 is 0 Å². The molecule has 174 valence electrons. The minimum absolute atomic E-state index is 0.000757. The van der Waals surface area contributed by atoms with Crippen molar-refractivity contribution in [2.24, 2.45) is 0 Å². The Bertz CT molecular complexity index is 1460. The first-order valence-corrected chi connectivity index (χ1v) is 11.8. The smallest absolute Gasteiger partial charge is 0.297 e. The highest BCUT2D eigenvalue weighted by Gasteiger charge is 2.45. The summed E-state index contributed by atoms with van der Waals surface area (Å²) in [5.41, 5.74) is 1.03. The molecule has 1 amide bonds. The van der Waals surface area contributed by atoms with Crippen LogP contribution in [0.5, 0.6) is 11.5 Å². The number of carbonyl (C=O) groups excluding carboxylic acids is 1. The van der Waals surface area contributed by atoms with Gasteiger partial charge >= 0.3 is 0 Å². The number of rotatable bonds is 6. The van der Waals surface area contributed by atoms with E-state index in [1.807, 2.05) is 52.0 Å². The summed E-state index contributed by atoms with van der Waals surface area (Å²) in [5, 5.41) is 9.76. The molecular formula is C25H23N3O5S. The number of aromatic nitrogens is 2. The first kappa shape index (κ1) is 22.1. The molecule has 1 unspecified atom stereocenters. The third-order valence-corrected chi connectivity index (χ3v) is 6.26. The molecule has 0 bridgehead atoms. The largest absolute Gasteiger partial charge is 0.494 e. The molecule has 34 heavy (non-hydrogen) atoms. The van der Waals surface area contributed by atoms with Crippen molar-refractivity contribution in [1.82, 2.24) is 10.2 Å². The van der Waals surface area contributed by atoms with Gasteiger partial charge in [0.25, 0.3) is 5.91 Å². The van der Waals surface area contributed by atoms with Crippen molar-refractivity contribution < 1.29 is 18.7 Å². The number of carbonyl (C=O) groups is 1. The molecule has 0 N–H and O–H groups in total. The summed E-state index contributed by atoms with van der Waals surface area (Å²) < 4.78 is 17.5. The van der Waals surface area contributed by atoms with Gasteiger partial charge in [0.05, 0.1) is 29.7 Å². The van der Waals surface area contributed by atoms with E-state index in [9.17, 15) is 9.59 Å². The predicted molar refractivity (Wildman–Crippen MR) is 129 cm³/mol. The van der Waals surface area contributed by atoms with E-state index in [4.69, 9.17) is 13.9 Å². The Balaban J connectivity index is 1.74. The molecule has 0 radical (unpaired) electrons. The van der Waals surface area contributed by atoms with Gasteiger partial charge in [-0.05, 0) is 57.5 Å². The molecule has 0 spiro atoms. The minimum Gasteiger partial charge on any atom is -0.494 e. The molecule has 1 aliphatic rings. The van der Waals surface area contributed by atoms with Crippen LogP contribution >= 0.6 is 11.3 Å². The molecule has 1 aliphatic heterocycles. The Hall–Kier alpha value is -3.72. The van der Waals surface area contributed by atoms with Gasteiger partial charge in [-0.1, -0.05) is 23.5 Å². The first-order valence-electron chi connectivity index (χ1n) is 11.0. The van der Waals surface area contributed by atoms with Crippen molar-refractivity contribution in [3.8, 4) is 11.5 Å². The molecule has 4 aromatic rings. The second kappa shape index (κ2) is 8.57. The van der Waals surface area contributed by atoms with Crippen LogP contribution in [0.1, 0.15) is 53.5 Å². The van der Waals surface area contributed by atoms with Crippen LogP contribution in [0.4, 0.5) is 5.13 Å². The highest BCUT2D eigenvalue weighted by molar-refractivity contribution is 7.15. The summed E-state index contributed by atoms with van der Waals surface area (Å²) in [7, 11) is 0. The van der Waals surface area contributed by atoms with E-state index in [-0.39, 0.29) is 22.9 Å². The number of anilines is 1. The van der Waals surface area contributed by atoms with Crippen LogP contribution in [0, 0.1) is 6.92 Å². The number of nitrogens with zero attached hydrogens (tertiary/aromatic N) is 3. The first-order chi connectivity index (χ1) is 16.4. The molecule has 0 aliphatic carbocycles. The summed E-state index contributed by atoms with van der Waals surface area (Å²) in [6, 6.07) is 11.7. The zero-order valence-corrected chi connectivity index (χ0v) is 20.0. The molecule has 0 fully saturated rings. The van der Waals surface area contributed by atoms with Gasteiger partial charge in [-0.25, -0.2) is 0 Å². The van der Waals surface area contributed by atoms with E-state index in [1.165, 1.54) is 16.2 Å². The standard InChI is InChI=1S/C25H23N3O5S/c1-5-31-16-9-10-18-19(12-16)33-23-20(22(18)29)21(15-7-6-8-17(11-15)32-13(2)3)28(24(23)30)25-27-26-14(4)34-25/h6-13,21H,5H2,1-4H3. The van der Waals surface area contributed by atoms with Crippen molar-refractivity contribution in [3.05, 3.63) is 74.6 Å². The molecule has 2 aromatic heterocycles. The fourth-order valence-electron chi connectivity index (χ4n) is 4.13. The molecule has 9 heteroatoms. The van der Waals surface area contributed by atoms with E-state index in [2.05, 4.69) is 10.2 Å². The molecule has 8 nitrogen and oxygen atoms in total. The Morgan fingerprint density at radius 2 is 1.94 bits per heavy atom. The Morgan fingerprint density at radius 1 is 1.12 bits per heavy atom.